The zero-order valence-electron chi connectivity index (χ0n) is 9.36. The standard InChI is InChI=1S/C14H12F2O/c1-17-11-8-6-10(7-9-11)12-4-2-3-5-13(12)14(15)16/h2-9,14H,1H3. The second kappa shape index (κ2) is 4.95. The summed E-state index contributed by atoms with van der Waals surface area (Å²) in [6.45, 7) is 0. The maximum atomic E-state index is 12.8. The van der Waals surface area contributed by atoms with Crippen molar-refractivity contribution >= 4 is 0 Å². The number of halogens is 2. The van der Waals surface area contributed by atoms with Crippen molar-refractivity contribution in [3.05, 3.63) is 54.1 Å². The van der Waals surface area contributed by atoms with E-state index >= 15 is 0 Å². The fourth-order valence-corrected chi connectivity index (χ4v) is 1.72. The summed E-state index contributed by atoms with van der Waals surface area (Å²) < 4.78 is 30.7. The molecule has 88 valence electrons. The third-order valence-corrected chi connectivity index (χ3v) is 2.60. The Balaban J connectivity index is 2.45. The highest BCUT2D eigenvalue weighted by atomic mass is 19.3. The molecule has 0 aliphatic rings. The van der Waals surface area contributed by atoms with Gasteiger partial charge in [-0.05, 0) is 23.3 Å². The molecular weight excluding hydrogens is 222 g/mol. The summed E-state index contributed by atoms with van der Waals surface area (Å²) in [5.41, 5.74) is 1.38. The van der Waals surface area contributed by atoms with Crippen LogP contribution in [0.2, 0.25) is 0 Å². The van der Waals surface area contributed by atoms with Crippen LogP contribution in [0.4, 0.5) is 8.78 Å². The van der Waals surface area contributed by atoms with Gasteiger partial charge in [0.1, 0.15) is 5.75 Å². The number of ether oxygens (including phenoxy) is 1. The highest BCUT2D eigenvalue weighted by Gasteiger charge is 2.13. The Morgan fingerprint density at radius 1 is 0.941 bits per heavy atom. The average Bonchev–Trinajstić information content (AvgIpc) is 2.39. The van der Waals surface area contributed by atoms with Crippen LogP contribution >= 0.6 is 0 Å². The molecule has 3 heteroatoms. The quantitative estimate of drug-likeness (QED) is 0.769. The van der Waals surface area contributed by atoms with Gasteiger partial charge in [-0.25, -0.2) is 8.78 Å². The molecule has 0 atom stereocenters. The molecule has 2 aromatic rings. The second-order valence-corrected chi connectivity index (χ2v) is 3.62. The van der Waals surface area contributed by atoms with Crippen molar-refractivity contribution in [2.24, 2.45) is 0 Å². The van der Waals surface area contributed by atoms with Crippen molar-refractivity contribution in [2.75, 3.05) is 7.11 Å². The van der Waals surface area contributed by atoms with E-state index in [2.05, 4.69) is 0 Å². The fraction of sp³-hybridized carbons (Fsp3) is 0.143. The molecule has 0 unspecified atom stereocenters. The predicted molar refractivity (Wildman–Crippen MR) is 63.4 cm³/mol. The second-order valence-electron chi connectivity index (χ2n) is 3.62. The third-order valence-electron chi connectivity index (χ3n) is 2.60. The Bertz CT molecular complexity index is 492. The van der Waals surface area contributed by atoms with Gasteiger partial charge in [-0.1, -0.05) is 36.4 Å². The molecule has 2 aromatic carbocycles. The predicted octanol–water partition coefficient (Wildman–Crippen LogP) is 4.30. The maximum absolute atomic E-state index is 12.8. The van der Waals surface area contributed by atoms with Gasteiger partial charge in [-0.2, -0.15) is 0 Å². The number of benzene rings is 2. The van der Waals surface area contributed by atoms with Gasteiger partial charge in [0.25, 0.3) is 6.43 Å². The van der Waals surface area contributed by atoms with Crippen LogP contribution in [0, 0.1) is 0 Å². The smallest absolute Gasteiger partial charge is 0.264 e. The van der Waals surface area contributed by atoms with E-state index in [0.717, 1.165) is 5.56 Å². The Morgan fingerprint density at radius 3 is 2.18 bits per heavy atom. The van der Waals surface area contributed by atoms with Crippen LogP contribution in [0.1, 0.15) is 12.0 Å². The monoisotopic (exact) mass is 234 g/mol. The molecule has 0 aliphatic carbocycles. The van der Waals surface area contributed by atoms with Crippen molar-refractivity contribution in [1.82, 2.24) is 0 Å². The molecule has 0 fully saturated rings. The molecule has 0 N–H and O–H groups in total. The van der Waals surface area contributed by atoms with E-state index in [1.165, 1.54) is 6.07 Å². The Kier molecular flexibility index (Phi) is 3.38. The van der Waals surface area contributed by atoms with Crippen LogP contribution in [0.5, 0.6) is 5.75 Å². The van der Waals surface area contributed by atoms with E-state index < -0.39 is 6.43 Å². The van der Waals surface area contributed by atoms with Gasteiger partial charge >= 0.3 is 0 Å². The highest BCUT2D eigenvalue weighted by Crippen LogP contribution is 2.31. The molecule has 0 aliphatic heterocycles. The van der Waals surface area contributed by atoms with Crippen LogP contribution in [0.25, 0.3) is 11.1 Å². The van der Waals surface area contributed by atoms with Gasteiger partial charge in [0.05, 0.1) is 7.11 Å². The van der Waals surface area contributed by atoms with Crippen molar-refractivity contribution in [1.29, 1.82) is 0 Å². The van der Waals surface area contributed by atoms with Gasteiger partial charge in [-0.3, -0.25) is 0 Å². The molecule has 0 heterocycles. The van der Waals surface area contributed by atoms with Gasteiger partial charge in [0.2, 0.25) is 0 Å². The Morgan fingerprint density at radius 2 is 1.59 bits per heavy atom. The first-order chi connectivity index (χ1) is 8.22. The summed E-state index contributed by atoms with van der Waals surface area (Å²) in [7, 11) is 1.57. The average molecular weight is 234 g/mol. The van der Waals surface area contributed by atoms with E-state index in [9.17, 15) is 8.78 Å². The first-order valence-corrected chi connectivity index (χ1v) is 5.24. The van der Waals surface area contributed by atoms with E-state index in [4.69, 9.17) is 4.74 Å². The lowest BCUT2D eigenvalue weighted by Gasteiger charge is -2.09. The van der Waals surface area contributed by atoms with E-state index in [-0.39, 0.29) is 5.56 Å². The van der Waals surface area contributed by atoms with E-state index in [0.29, 0.717) is 11.3 Å². The van der Waals surface area contributed by atoms with E-state index in [1.807, 2.05) is 0 Å². The van der Waals surface area contributed by atoms with Crippen LogP contribution in [-0.2, 0) is 0 Å². The lowest BCUT2D eigenvalue weighted by atomic mass is 10.00. The van der Waals surface area contributed by atoms with Gasteiger partial charge in [0.15, 0.2) is 0 Å². The number of alkyl halides is 2. The molecule has 0 radical (unpaired) electrons. The molecule has 0 saturated heterocycles. The highest BCUT2D eigenvalue weighted by molar-refractivity contribution is 5.68. The lowest BCUT2D eigenvalue weighted by molar-refractivity contribution is 0.152. The first-order valence-electron chi connectivity index (χ1n) is 5.24. The molecule has 0 spiro atoms. The Labute approximate surface area is 98.7 Å². The van der Waals surface area contributed by atoms with Crippen molar-refractivity contribution < 1.29 is 13.5 Å². The SMILES string of the molecule is COc1ccc(-c2ccccc2C(F)F)cc1. The van der Waals surface area contributed by atoms with Crippen LogP contribution in [0.3, 0.4) is 0 Å². The molecule has 2 rings (SSSR count). The molecule has 0 aromatic heterocycles. The molecular formula is C14H12F2O. The van der Waals surface area contributed by atoms with Crippen LogP contribution in [-0.4, -0.2) is 7.11 Å². The topological polar surface area (TPSA) is 9.23 Å². The number of rotatable bonds is 3. The third kappa shape index (κ3) is 2.44. The Hall–Kier alpha value is -1.90. The molecule has 0 saturated carbocycles. The first kappa shape index (κ1) is 11.6. The zero-order valence-corrected chi connectivity index (χ0v) is 9.36. The van der Waals surface area contributed by atoms with Gasteiger partial charge in [0, 0.05) is 5.56 Å². The largest absolute Gasteiger partial charge is 0.497 e. The minimum atomic E-state index is -2.46. The molecule has 0 bridgehead atoms. The minimum Gasteiger partial charge on any atom is -0.497 e. The summed E-state index contributed by atoms with van der Waals surface area (Å²) in [4.78, 5) is 0. The van der Waals surface area contributed by atoms with Crippen molar-refractivity contribution in [3.63, 3.8) is 0 Å². The summed E-state index contributed by atoms with van der Waals surface area (Å²) >= 11 is 0. The zero-order chi connectivity index (χ0) is 12.3. The van der Waals surface area contributed by atoms with Crippen molar-refractivity contribution in [3.8, 4) is 16.9 Å². The lowest BCUT2D eigenvalue weighted by Crippen LogP contribution is -1.90. The maximum Gasteiger partial charge on any atom is 0.264 e. The van der Waals surface area contributed by atoms with E-state index in [1.54, 1.807) is 49.6 Å². The summed E-state index contributed by atoms with van der Waals surface area (Å²) in [5, 5.41) is 0. The minimum absolute atomic E-state index is 0.0534. The normalized spacial score (nSPS) is 10.6. The molecule has 17 heavy (non-hydrogen) atoms. The van der Waals surface area contributed by atoms with Crippen LogP contribution in [0.15, 0.2) is 48.5 Å². The molecule has 0 amide bonds. The summed E-state index contributed by atoms with van der Waals surface area (Å²) in [6, 6.07) is 13.6. The van der Waals surface area contributed by atoms with Gasteiger partial charge in [-0.15, -0.1) is 0 Å². The molecule has 1 nitrogen and oxygen atoms in total. The van der Waals surface area contributed by atoms with Gasteiger partial charge < -0.3 is 4.74 Å². The summed E-state index contributed by atoms with van der Waals surface area (Å²) in [6.07, 6.45) is -2.46. The van der Waals surface area contributed by atoms with Crippen LogP contribution < -0.4 is 4.74 Å². The number of hydrogen-bond acceptors (Lipinski definition) is 1. The number of hydrogen-bond donors (Lipinski definition) is 0. The fourth-order valence-electron chi connectivity index (χ4n) is 1.72. The summed E-state index contributed by atoms with van der Waals surface area (Å²) in [5.74, 6) is 0.711. The van der Waals surface area contributed by atoms with Crippen molar-refractivity contribution in [2.45, 2.75) is 6.43 Å². The number of methoxy groups -OCH3 is 1.